The van der Waals surface area contributed by atoms with Crippen molar-refractivity contribution >= 4 is 22.6 Å². The van der Waals surface area contributed by atoms with E-state index in [1.54, 1.807) is 11.8 Å². The van der Waals surface area contributed by atoms with Crippen molar-refractivity contribution in [3.63, 3.8) is 0 Å². The van der Waals surface area contributed by atoms with E-state index < -0.39 is 11.6 Å². The van der Waals surface area contributed by atoms with Crippen LogP contribution in [0.5, 0.6) is 0 Å². The molecule has 1 aromatic carbocycles. The van der Waals surface area contributed by atoms with Crippen LogP contribution in [0.2, 0.25) is 0 Å². The number of anilines is 1. The van der Waals surface area contributed by atoms with E-state index in [9.17, 15) is 8.78 Å². The van der Waals surface area contributed by atoms with Crippen LogP contribution in [0.4, 0.5) is 14.5 Å². The van der Waals surface area contributed by atoms with Gasteiger partial charge >= 0.3 is 0 Å². The van der Waals surface area contributed by atoms with Gasteiger partial charge in [0.2, 0.25) is 0 Å². The maximum absolute atomic E-state index is 13.0. The van der Waals surface area contributed by atoms with Crippen molar-refractivity contribution in [2.24, 2.45) is 10.9 Å². The van der Waals surface area contributed by atoms with Crippen molar-refractivity contribution in [3.8, 4) is 0 Å². The summed E-state index contributed by atoms with van der Waals surface area (Å²) in [6.45, 7) is 5.15. The summed E-state index contributed by atoms with van der Waals surface area (Å²) in [6, 6.07) is 3.77. The van der Waals surface area contributed by atoms with E-state index in [1.807, 2.05) is 0 Å². The lowest BCUT2D eigenvalue weighted by Gasteiger charge is -2.11. The molecule has 0 radical (unpaired) electrons. The van der Waals surface area contributed by atoms with Crippen molar-refractivity contribution in [1.82, 2.24) is 0 Å². The van der Waals surface area contributed by atoms with Gasteiger partial charge in [0.05, 0.1) is 6.54 Å². The molecule has 0 aliphatic carbocycles. The van der Waals surface area contributed by atoms with E-state index in [-0.39, 0.29) is 0 Å². The highest BCUT2D eigenvalue weighted by molar-refractivity contribution is 8.15. The fourth-order valence-corrected chi connectivity index (χ4v) is 3.10. The van der Waals surface area contributed by atoms with Gasteiger partial charge in [0.15, 0.2) is 16.8 Å². The quantitative estimate of drug-likeness (QED) is 0.901. The van der Waals surface area contributed by atoms with Crippen LogP contribution in [-0.4, -0.2) is 17.0 Å². The van der Waals surface area contributed by atoms with Gasteiger partial charge in [-0.15, -0.1) is 0 Å². The zero-order valence-corrected chi connectivity index (χ0v) is 11.2. The van der Waals surface area contributed by atoms with Crippen LogP contribution < -0.4 is 5.32 Å². The summed E-state index contributed by atoms with van der Waals surface area (Å²) in [5, 5.41) is 4.29. The molecule has 1 heterocycles. The molecule has 1 N–H and O–H groups in total. The maximum Gasteiger partial charge on any atom is 0.161 e. The zero-order valence-electron chi connectivity index (χ0n) is 10.4. The smallest absolute Gasteiger partial charge is 0.161 e. The van der Waals surface area contributed by atoms with Crippen LogP contribution >= 0.6 is 11.8 Å². The minimum atomic E-state index is -0.845. The summed E-state index contributed by atoms with van der Waals surface area (Å²) in [5.74, 6) is -1.04. The second kappa shape index (κ2) is 5.69. The van der Waals surface area contributed by atoms with Gasteiger partial charge in [-0.2, -0.15) is 0 Å². The number of nitrogens with zero attached hydrogens (tertiary/aromatic N) is 1. The lowest BCUT2D eigenvalue weighted by atomic mass is 10.1. The third-order valence-corrected chi connectivity index (χ3v) is 3.75. The second-order valence-corrected chi connectivity index (χ2v) is 6.06. The minimum absolute atomic E-state index is 0.484. The molecule has 1 aliphatic heterocycles. The van der Waals surface area contributed by atoms with Crippen molar-refractivity contribution < 1.29 is 8.78 Å². The summed E-state index contributed by atoms with van der Waals surface area (Å²) in [5.41, 5.74) is 0.533. The molecule has 2 nitrogen and oxygen atoms in total. The van der Waals surface area contributed by atoms with E-state index >= 15 is 0 Å². The average molecular weight is 270 g/mol. The zero-order chi connectivity index (χ0) is 13.1. The Hall–Kier alpha value is -1.10. The topological polar surface area (TPSA) is 24.4 Å². The molecule has 0 spiro atoms. The van der Waals surface area contributed by atoms with Gasteiger partial charge < -0.3 is 5.32 Å². The van der Waals surface area contributed by atoms with Crippen LogP contribution in [-0.2, 0) is 0 Å². The molecule has 0 saturated heterocycles. The van der Waals surface area contributed by atoms with Crippen molar-refractivity contribution in [3.05, 3.63) is 29.8 Å². The minimum Gasteiger partial charge on any atom is -0.335 e. The first-order valence-electron chi connectivity index (χ1n) is 5.98. The third kappa shape index (κ3) is 3.45. The highest BCUT2D eigenvalue weighted by atomic mass is 32.2. The molecule has 1 aromatic rings. The third-order valence-electron chi connectivity index (χ3n) is 2.62. The SMILES string of the molecule is CC(C)CC1CN=C(Nc2ccc(F)c(F)c2)S1. The molecule has 0 amide bonds. The normalized spacial score (nSPS) is 19.2. The van der Waals surface area contributed by atoms with Crippen LogP contribution in [0.15, 0.2) is 23.2 Å². The number of amidine groups is 1. The molecule has 0 fully saturated rings. The predicted octanol–water partition coefficient (Wildman–Crippen LogP) is 3.89. The molecular formula is C13H16F2N2S. The Kier molecular flexibility index (Phi) is 4.22. The number of hydrogen-bond donors (Lipinski definition) is 1. The molecule has 0 aromatic heterocycles. The number of rotatable bonds is 3. The number of halogens is 2. The van der Waals surface area contributed by atoms with Crippen molar-refractivity contribution in [2.45, 2.75) is 25.5 Å². The number of aliphatic imine (C=N–C) groups is 1. The molecule has 1 atom stereocenters. The van der Waals surface area contributed by atoms with Gasteiger partial charge in [0.25, 0.3) is 0 Å². The fraction of sp³-hybridized carbons (Fsp3) is 0.462. The largest absolute Gasteiger partial charge is 0.335 e. The Morgan fingerprint density at radius 3 is 2.83 bits per heavy atom. The lowest BCUT2D eigenvalue weighted by molar-refractivity contribution is 0.509. The van der Waals surface area contributed by atoms with Crippen LogP contribution in [0.1, 0.15) is 20.3 Å². The average Bonchev–Trinajstić information content (AvgIpc) is 2.70. The van der Waals surface area contributed by atoms with Crippen LogP contribution in [0, 0.1) is 17.6 Å². The Morgan fingerprint density at radius 2 is 2.17 bits per heavy atom. The van der Waals surface area contributed by atoms with Gasteiger partial charge in [-0.25, -0.2) is 8.78 Å². The van der Waals surface area contributed by atoms with E-state index in [1.165, 1.54) is 6.07 Å². The summed E-state index contributed by atoms with van der Waals surface area (Å²) in [4.78, 5) is 4.37. The number of benzene rings is 1. The van der Waals surface area contributed by atoms with Crippen molar-refractivity contribution in [1.29, 1.82) is 0 Å². The van der Waals surface area contributed by atoms with Gasteiger partial charge in [0, 0.05) is 17.0 Å². The molecule has 98 valence electrons. The molecule has 5 heteroatoms. The highest BCUT2D eigenvalue weighted by Gasteiger charge is 2.20. The molecule has 1 aliphatic rings. The van der Waals surface area contributed by atoms with E-state index in [0.29, 0.717) is 16.9 Å². The molecular weight excluding hydrogens is 254 g/mol. The Morgan fingerprint density at radius 1 is 1.39 bits per heavy atom. The maximum atomic E-state index is 13.0. The highest BCUT2D eigenvalue weighted by Crippen LogP contribution is 2.27. The van der Waals surface area contributed by atoms with E-state index in [2.05, 4.69) is 24.2 Å². The summed E-state index contributed by atoms with van der Waals surface area (Å²) < 4.78 is 25.8. The van der Waals surface area contributed by atoms with Gasteiger partial charge in [-0.1, -0.05) is 25.6 Å². The summed E-state index contributed by atoms with van der Waals surface area (Å²) in [6.07, 6.45) is 1.11. The number of nitrogens with one attached hydrogen (secondary N) is 1. The van der Waals surface area contributed by atoms with E-state index in [4.69, 9.17) is 0 Å². The molecule has 1 unspecified atom stereocenters. The second-order valence-electron chi connectivity index (χ2n) is 4.77. The lowest BCUT2D eigenvalue weighted by Crippen LogP contribution is -2.09. The van der Waals surface area contributed by atoms with E-state index in [0.717, 1.165) is 30.3 Å². The number of hydrogen-bond acceptors (Lipinski definition) is 3. The molecule has 18 heavy (non-hydrogen) atoms. The first-order chi connectivity index (χ1) is 8.54. The summed E-state index contributed by atoms with van der Waals surface area (Å²) >= 11 is 1.67. The fourth-order valence-electron chi connectivity index (χ4n) is 1.83. The molecule has 0 bridgehead atoms. The van der Waals surface area contributed by atoms with Crippen LogP contribution in [0.3, 0.4) is 0 Å². The Balaban J connectivity index is 1.93. The Labute approximate surface area is 110 Å². The Bertz CT molecular complexity index is 460. The number of thioether (sulfide) groups is 1. The van der Waals surface area contributed by atoms with Crippen molar-refractivity contribution in [2.75, 3.05) is 11.9 Å². The first-order valence-corrected chi connectivity index (χ1v) is 6.85. The van der Waals surface area contributed by atoms with Crippen LogP contribution in [0.25, 0.3) is 0 Å². The van der Waals surface area contributed by atoms with Gasteiger partial charge in [-0.3, -0.25) is 4.99 Å². The monoisotopic (exact) mass is 270 g/mol. The summed E-state index contributed by atoms with van der Waals surface area (Å²) in [7, 11) is 0. The van der Waals surface area contributed by atoms with Gasteiger partial charge in [-0.05, 0) is 24.5 Å². The first kappa shape index (κ1) is 13.3. The standard InChI is InChI=1S/C13H16F2N2S/c1-8(2)5-10-7-16-13(18-10)17-9-3-4-11(14)12(15)6-9/h3-4,6,8,10H,5,7H2,1-2H3,(H,16,17). The molecule has 2 rings (SSSR count). The predicted molar refractivity (Wildman–Crippen MR) is 73.1 cm³/mol. The van der Waals surface area contributed by atoms with Gasteiger partial charge in [0.1, 0.15) is 0 Å². The molecule has 0 saturated carbocycles.